The minimum Gasteiger partial charge on any atom is -0.467 e. The molecule has 1 aromatic carbocycles. The zero-order chi connectivity index (χ0) is 18.2. The zero-order valence-electron chi connectivity index (χ0n) is 14.2. The molecule has 7 nitrogen and oxygen atoms in total. The smallest absolute Gasteiger partial charge is 0.241 e. The van der Waals surface area contributed by atoms with Crippen LogP contribution in [0.3, 0.4) is 0 Å². The Morgan fingerprint density at radius 2 is 2.04 bits per heavy atom. The predicted molar refractivity (Wildman–Crippen MR) is 92.4 cm³/mol. The largest absolute Gasteiger partial charge is 0.467 e. The topological polar surface area (TPSA) is 98.4 Å². The maximum absolute atomic E-state index is 12.3. The maximum atomic E-state index is 12.3. The summed E-state index contributed by atoms with van der Waals surface area (Å²) >= 11 is 0. The van der Waals surface area contributed by atoms with Crippen LogP contribution in [-0.2, 0) is 16.1 Å². The fourth-order valence-corrected chi connectivity index (χ4v) is 2.15. The molecule has 25 heavy (non-hydrogen) atoms. The van der Waals surface area contributed by atoms with Crippen molar-refractivity contribution in [3.63, 3.8) is 0 Å². The van der Waals surface area contributed by atoms with Gasteiger partial charge in [0.05, 0.1) is 36.6 Å². The highest BCUT2D eigenvalue weighted by atomic mass is 16.3. The van der Waals surface area contributed by atoms with Crippen LogP contribution >= 0.6 is 0 Å². The molecule has 130 valence electrons. The number of likely N-dealkylation sites (N-methyl/N-ethyl adjacent to an activating group) is 1. The number of nitrogens with zero attached hydrogens (tertiary/aromatic N) is 2. The van der Waals surface area contributed by atoms with Crippen LogP contribution in [0.1, 0.15) is 18.2 Å². The molecule has 0 saturated carbocycles. The molecule has 0 saturated heterocycles. The second-order valence-electron chi connectivity index (χ2n) is 5.59. The Morgan fingerprint density at radius 1 is 1.28 bits per heavy atom. The van der Waals surface area contributed by atoms with Gasteiger partial charge in [-0.05, 0) is 38.2 Å². The number of carbonyl (C=O) groups is 2. The van der Waals surface area contributed by atoms with Crippen LogP contribution in [0.2, 0.25) is 0 Å². The van der Waals surface area contributed by atoms with Crippen LogP contribution in [0.15, 0.2) is 47.1 Å². The molecule has 0 spiro atoms. The van der Waals surface area contributed by atoms with Crippen LogP contribution in [0, 0.1) is 11.3 Å². The Hall–Kier alpha value is -3.11. The van der Waals surface area contributed by atoms with Crippen LogP contribution in [0.4, 0.5) is 5.69 Å². The number of para-hydroxylation sites is 1. The lowest BCUT2D eigenvalue weighted by atomic mass is 10.2. The Morgan fingerprint density at radius 3 is 2.72 bits per heavy atom. The Labute approximate surface area is 146 Å². The minimum atomic E-state index is -0.541. The van der Waals surface area contributed by atoms with Crippen molar-refractivity contribution in [1.29, 1.82) is 5.26 Å². The lowest BCUT2D eigenvalue weighted by Crippen LogP contribution is -2.44. The number of nitriles is 1. The Bertz CT molecular complexity index is 765. The molecule has 0 aliphatic carbocycles. The van der Waals surface area contributed by atoms with Gasteiger partial charge >= 0.3 is 0 Å². The number of furan rings is 1. The molecule has 0 radical (unpaired) electrons. The quantitative estimate of drug-likeness (QED) is 0.800. The average Bonchev–Trinajstić information content (AvgIpc) is 3.13. The first-order valence-corrected chi connectivity index (χ1v) is 7.80. The van der Waals surface area contributed by atoms with Gasteiger partial charge in [0.1, 0.15) is 11.8 Å². The zero-order valence-corrected chi connectivity index (χ0v) is 14.2. The number of nitrogens with one attached hydrogen (secondary N) is 2. The van der Waals surface area contributed by atoms with Crippen LogP contribution in [0.25, 0.3) is 0 Å². The molecule has 2 rings (SSSR count). The summed E-state index contributed by atoms with van der Waals surface area (Å²) < 4.78 is 5.14. The maximum Gasteiger partial charge on any atom is 0.241 e. The number of anilines is 1. The van der Waals surface area contributed by atoms with Crippen molar-refractivity contribution < 1.29 is 14.0 Å². The van der Waals surface area contributed by atoms with Crippen molar-refractivity contribution in [3.05, 3.63) is 54.0 Å². The van der Waals surface area contributed by atoms with Gasteiger partial charge < -0.3 is 15.1 Å². The third-order valence-electron chi connectivity index (χ3n) is 3.78. The van der Waals surface area contributed by atoms with Crippen LogP contribution in [0.5, 0.6) is 0 Å². The first-order chi connectivity index (χ1) is 12.0. The number of hydrogen-bond donors (Lipinski definition) is 2. The molecule has 2 amide bonds. The van der Waals surface area contributed by atoms with E-state index in [4.69, 9.17) is 9.68 Å². The highest BCUT2D eigenvalue weighted by molar-refractivity contribution is 5.96. The summed E-state index contributed by atoms with van der Waals surface area (Å²) in [6.07, 6.45) is 1.54. The Kier molecular flexibility index (Phi) is 6.32. The monoisotopic (exact) mass is 340 g/mol. The van der Waals surface area contributed by atoms with E-state index in [1.807, 2.05) is 6.07 Å². The molecule has 1 aromatic heterocycles. The van der Waals surface area contributed by atoms with E-state index in [9.17, 15) is 9.59 Å². The molecule has 7 heteroatoms. The van der Waals surface area contributed by atoms with Crippen molar-refractivity contribution in [2.45, 2.75) is 19.5 Å². The lowest BCUT2D eigenvalue weighted by Gasteiger charge is -2.23. The van der Waals surface area contributed by atoms with Gasteiger partial charge in [-0.3, -0.25) is 14.5 Å². The molecule has 0 aliphatic heterocycles. The highest BCUT2D eigenvalue weighted by Gasteiger charge is 2.21. The standard InChI is InChI=1S/C18H20N4O3/c1-13(18(24)21-16-8-4-3-6-14(16)10-19)22(2)12-17(23)20-11-15-7-5-9-25-15/h3-9,13H,11-12H2,1-2H3,(H,20,23)(H,21,24). The highest BCUT2D eigenvalue weighted by Crippen LogP contribution is 2.14. The molecule has 0 fully saturated rings. The number of rotatable bonds is 7. The van der Waals surface area contributed by atoms with Crippen molar-refractivity contribution in [3.8, 4) is 6.07 Å². The summed E-state index contributed by atoms with van der Waals surface area (Å²) in [5.74, 6) is 0.162. The predicted octanol–water partition coefficient (Wildman–Crippen LogP) is 1.73. The lowest BCUT2D eigenvalue weighted by molar-refractivity contribution is -0.125. The van der Waals surface area contributed by atoms with Gasteiger partial charge in [-0.2, -0.15) is 5.26 Å². The third-order valence-corrected chi connectivity index (χ3v) is 3.78. The van der Waals surface area contributed by atoms with E-state index in [0.717, 1.165) is 0 Å². The summed E-state index contributed by atoms with van der Waals surface area (Å²) in [5, 5.41) is 14.5. The first kappa shape index (κ1) is 18.2. The van der Waals surface area contributed by atoms with E-state index in [-0.39, 0.29) is 18.4 Å². The van der Waals surface area contributed by atoms with Gasteiger partial charge in [-0.25, -0.2) is 0 Å². The van der Waals surface area contributed by atoms with Crippen molar-refractivity contribution in [2.75, 3.05) is 18.9 Å². The van der Waals surface area contributed by atoms with E-state index in [1.54, 1.807) is 61.5 Å². The minimum absolute atomic E-state index is 0.0647. The molecule has 1 unspecified atom stereocenters. The summed E-state index contributed by atoms with van der Waals surface area (Å²) in [4.78, 5) is 25.9. The molecule has 0 bridgehead atoms. The Balaban J connectivity index is 1.85. The van der Waals surface area contributed by atoms with Crippen LogP contribution < -0.4 is 10.6 Å². The number of carbonyl (C=O) groups excluding carboxylic acids is 2. The fourth-order valence-electron chi connectivity index (χ4n) is 2.15. The average molecular weight is 340 g/mol. The number of benzene rings is 1. The molecule has 0 aliphatic rings. The molecule has 1 atom stereocenters. The van der Waals surface area contributed by atoms with Gasteiger partial charge in [0.2, 0.25) is 11.8 Å². The normalized spacial score (nSPS) is 11.6. The van der Waals surface area contributed by atoms with E-state index in [0.29, 0.717) is 23.6 Å². The van der Waals surface area contributed by atoms with E-state index >= 15 is 0 Å². The van der Waals surface area contributed by atoms with E-state index < -0.39 is 6.04 Å². The first-order valence-electron chi connectivity index (χ1n) is 7.80. The van der Waals surface area contributed by atoms with Crippen molar-refractivity contribution in [1.82, 2.24) is 10.2 Å². The molecule has 2 aromatic rings. The van der Waals surface area contributed by atoms with E-state index in [2.05, 4.69) is 10.6 Å². The second-order valence-corrected chi connectivity index (χ2v) is 5.59. The summed E-state index contributed by atoms with van der Waals surface area (Å²) in [6.45, 7) is 2.06. The summed E-state index contributed by atoms with van der Waals surface area (Å²) in [6, 6.07) is 11.8. The summed E-state index contributed by atoms with van der Waals surface area (Å²) in [5.41, 5.74) is 0.847. The summed E-state index contributed by atoms with van der Waals surface area (Å²) in [7, 11) is 1.69. The second kappa shape index (κ2) is 8.66. The van der Waals surface area contributed by atoms with Gasteiger partial charge in [-0.1, -0.05) is 12.1 Å². The molecular weight excluding hydrogens is 320 g/mol. The third kappa shape index (κ3) is 5.19. The molecule has 1 heterocycles. The van der Waals surface area contributed by atoms with Gasteiger partial charge in [-0.15, -0.1) is 0 Å². The SMILES string of the molecule is CC(C(=O)Nc1ccccc1C#N)N(C)CC(=O)NCc1ccco1. The van der Waals surface area contributed by atoms with Gasteiger partial charge in [0, 0.05) is 0 Å². The van der Waals surface area contributed by atoms with Gasteiger partial charge in [0.15, 0.2) is 0 Å². The number of hydrogen-bond acceptors (Lipinski definition) is 5. The fraction of sp³-hybridized carbons (Fsp3) is 0.278. The van der Waals surface area contributed by atoms with Crippen molar-refractivity contribution >= 4 is 17.5 Å². The van der Waals surface area contributed by atoms with Gasteiger partial charge in [0.25, 0.3) is 0 Å². The van der Waals surface area contributed by atoms with E-state index in [1.165, 1.54) is 0 Å². The number of amides is 2. The van der Waals surface area contributed by atoms with Crippen molar-refractivity contribution in [2.24, 2.45) is 0 Å². The molecule has 2 N–H and O–H groups in total. The van der Waals surface area contributed by atoms with Crippen LogP contribution in [-0.4, -0.2) is 36.3 Å². The molecular formula is C18H20N4O3.